The lowest BCUT2D eigenvalue weighted by Crippen LogP contribution is -2.42. The van der Waals surface area contributed by atoms with Crippen LogP contribution in [0.3, 0.4) is 0 Å². The van der Waals surface area contributed by atoms with Crippen molar-refractivity contribution >= 4 is 45.9 Å². The zero-order valence-electron chi connectivity index (χ0n) is 26.0. The zero-order chi connectivity index (χ0) is 34.2. The molecule has 0 bridgehead atoms. The molecule has 0 spiro atoms. The number of hydrogen-bond acceptors (Lipinski definition) is 8. The maximum Gasteiger partial charge on any atom is 0.251 e. The van der Waals surface area contributed by atoms with Crippen molar-refractivity contribution in [2.45, 2.75) is 37.8 Å². The van der Waals surface area contributed by atoms with Crippen LogP contribution in [0, 0.1) is 5.95 Å². The van der Waals surface area contributed by atoms with Crippen LogP contribution in [0.5, 0.6) is 11.5 Å². The van der Waals surface area contributed by atoms with Crippen LogP contribution < -0.4 is 20.5 Å². The van der Waals surface area contributed by atoms with Crippen LogP contribution in [0.2, 0.25) is 10.0 Å². The first-order chi connectivity index (χ1) is 23.0. The average molecular weight is 694 g/mol. The van der Waals surface area contributed by atoms with Crippen molar-refractivity contribution in [3.05, 3.63) is 99.3 Å². The molecule has 11 nitrogen and oxygen atoms in total. The molecule has 1 saturated carbocycles. The number of aliphatic hydroxyl groups is 1. The van der Waals surface area contributed by atoms with Crippen molar-refractivity contribution in [2.75, 3.05) is 20.3 Å². The van der Waals surface area contributed by atoms with Gasteiger partial charge in [0.15, 0.2) is 0 Å². The number of amides is 2. The van der Waals surface area contributed by atoms with Gasteiger partial charge in [-0.2, -0.15) is 9.49 Å². The monoisotopic (exact) mass is 692 g/mol. The first-order valence-electron chi connectivity index (χ1n) is 15.1. The number of fused-ring (bicyclic) bond motifs is 1. The molecule has 3 aromatic heterocycles. The quantitative estimate of drug-likeness (QED) is 0.147. The number of ether oxygens (including phenoxy) is 2. The van der Waals surface area contributed by atoms with Crippen molar-refractivity contribution in [1.29, 1.82) is 0 Å². The minimum absolute atomic E-state index is 0.0267. The normalized spacial score (nSPS) is 14.0. The first kappa shape index (κ1) is 33.1. The predicted octanol–water partition coefficient (Wildman–Crippen LogP) is 5.38. The number of nitrogens with zero attached hydrogens (tertiary/aromatic N) is 4. The number of benzene rings is 2. The molecule has 2 aromatic carbocycles. The summed E-state index contributed by atoms with van der Waals surface area (Å²) < 4.78 is 27.9. The Hall–Kier alpha value is -4.78. The third kappa shape index (κ3) is 6.51. The Bertz CT molecular complexity index is 2050. The maximum absolute atomic E-state index is 14.6. The van der Waals surface area contributed by atoms with E-state index in [1.165, 1.54) is 25.4 Å². The van der Waals surface area contributed by atoms with Gasteiger partial charge in [-0.1, -0.05) is 35.3 Å². The summed E-state index contributed by atoms with van der Waals surface area (Å²) in [5.74, 6) is -1.50. The van der Waals surface area contributed by atoms with Crippen molar-refractivity contribution < 1.29 is 28.6 Å². The molecule has 6 rings (SSSR count). The fraction of sp³-hybridized carbons (Fsp3) is 0.265. The molecule has 0 radical (unpaired) electrons. The van der Waals surface area contributed by atoms with E-state index in [2.05, 4.69) is 15.4 Å². The van der Waals surface area contributed by atoms with Gasteiger partial charge in [-0.05, 0) is 61.7 Å². The number of carbonyl (C=O) groups is 2. The van der Waals surface area contributed by atoms with Crippen molar-refractivity contribution in [3.63, 3.8) is 0 Å². The number of nitrogens with one attached hydrogen (secondary N) is 1. The van der Waals surface area contributed by atoms with E-state index in [0.717, 1.165) is 18.9 Å². The molecule has 1 aliphatic carbocycles. The fourth-order valence-corrected chi connectivity index (χ4v) is 5.93. The van der Waals surface area contributed by atoms with Crippen LogP contribution in [0.25, 0.3) is 22.2 Å². The van der Waals surface area contributed by atoms with Gasteiger partial charge >= 0.3 is 0 Å². The largest absolute Gasteiger partial charge is 0.494 e. The minimum atomic E-state index is -2.17. The van der Waals surface area contributed by atoms with E-state index in [9.17, 15) is 19.1 Å². The first-order valence-corrected chi connectivity index (χ1v) is 15.9. The van der Waals surface area contributed by atoms with Crippen molar-refractivity contribution in [2.24, 2.45) is 5.73 Å². The van der Waals surface area contributed by atoms with Crippen LogP contribution in [0.15, 0.2) is 60.9 Å². The Morgan fingerprint density at radius 3 is 2.67 bits per heavy atom. The Labute approximate surface area is 284 Å². The molecule has 0 saturated heterocycles. The number of methoxy groups -OCH3 is 1. The second-order valence-electron chi connectivity index (χ2n) is 11.4. The molecule has 0 aliphatic heterocycles. The summed E-state index contributed by atoms with van der Waals surface area (Å²) in [7, 11) is 1.49. The van der Waals surface area contributed by atoms with E-state index in [1.54, 1.807) is 37.3 Å². The molecule has 4 N–H and O–H groups in total. The number of nitrogens with two attached hydrogens (primary N) is 1. The molecule has 248 valence electrons. The van der Waals surface area contributed by atoms with Gasteiger partial charge in [-0.25, -0.2) is 9.97 Å². The van der Waals surface area contributed by atoms with Gasteiger partial charge in [0.2, 0.25) is 11.9 Å². The summed E-state index contributed by atoms with van der Waals surface area (Å²) in [6, 6.07) is 12.3. The lowest BCUT2D eigenvalue weighted by atomic mass is 9.88. The van der Waals surface area contributed by atoms with E-state index in [1.807, 2.05) is 10.9 Å². The third-order valence-electron chi connectivity index (χ3n) is 8.04. The van der Waals surface area contributed by atoms with Gasteiger partial charge < -0.3 is 25.6 Å². The predicted molar refractivity (Wildman–Crippen MR) is 178 cm³/mol. The molecule has 1 fully saturated rings. The number of primary amides is 1. The molecule has 48 heavy (non-hydrogen) atoms. The SMILES string of the molecule is CCOc1c(CC(N)=O)cc([C@@](O)(CNC(=O)c2cc(OC)c3nn(C4CC4)cc3c2)c2ccnc(F)c2)nc1-c1cccc(Cl)c1Cl. The van der Waals surface area contributed by atoms with Gasteiger partial charge in [-0.3, -0.25) is 14.3 Å². The van der Waals surface area contributed by atoms with Crippen molar-refractivity contribution in [1.82, 2.24) is 25.1 Å². The smallest absolute Gasteiger partial charge is 0.251 e. The fourth-order valence-electron chi connectivity index (χ4n) is 5.54. The highest BCUT2D eigenvalue weighted by Crippen LogP contribution is 2.42. The summed E-state index contributed by atoms with van der Waals surface area (Å²) in [5, 5.41) is 21.0. The van der Waals surface area contributed by atoms with Gasteiger partial charge in [0.25, 0.3) is 5.91 Å². The van der Waals surface area contributed by atoms with Crippen LogP contribution >= 0.6 is 23.2 Å². The second-order valence-corrected chi connectivity index (χ2v) is 12.2. The summed E-state index contributed by atoms with van der Waals surface area (Å²) >= 11 is 13.0. The zero-order valence-corrected chi connectivity index (χ0v) is 27.5. The molecule has 5 aromatic rings. The molecule has 14 heteroatoms. The summed E-state index contributed by atoms with van der Waals surface area (Å²) in [6.07, 6.45) is 4.82. The minimum Gasteiger partial charge on any atom is -0.494 e. The lowest BCUT2D eigenvalue weighted by Gasteiger charge is -2.30. The highest BCUT2D eigenvalue weighted by Gasteiger charge is 2.37. The number of aromatic nitrogens is 4. The average Bonchev–Trinajstić information content (AvgIpc) is 3.83. The number of pyridine rings is 2. The Balaban J connectivity index is 1.46. The second kappa shape index (κ2) is 13.4. The molecular formula is C34H31Cl2FN6O5. The van der Waals surface area contributed by atoms with Crippen molar-refractivity contribution in [3.8, 4) is 22.8 Å². The molecular weight excluding hydrogens is 662 g/mol. The summed E-state index contributed by atoms with van der Waals surface area (Å²) in [5.41, 5.74) is 5.07. The van der Waals surface area contributed by atoms with E-state index in [-0.39, 0.29) is 56.9 Å². The maximum atomic E-state index is 14.6. The highest BCUT2D eigenvalue weighted by molar-refractivity contribution is 6.43. The summed E-state index contributed by atoms with van der Waals surface area (Å²) in [4.78, 5) is 34.3. The Morgan fingerprint density at radius 1 is 1.19 bits per heavy atom. The van der Waals surface area contributed by atoms with Gasteiger partial charge in [0.05, 0.1) is 48.5 Å². The number of halogens is 3. The van der Waals surface area contributed by atoms with Crippen LogP contribution in [0.4, 0.5) is 4.39 Å². The topological polar surface area (TPSA) is 154 Å². The molecule has 1 aliphatic rings. The van der Waals surface area contributed by atoms with E-state index < -0.39 is 29.9 Å². The Morgan fingerprint density at radius 2 is 1.98 bits per heavy atom. The van der Waals surface area contributed by atoms with Crippen LogP contribution in [0.1, 0.15) is 53.0 Å². The van der Waals surface area contributed by atoms with Crippen LogP contribution in [-0.4, -0.2) is 56.9 Å². The van der Waals surface area contributed by atoms with Gasteiger partial charge in [0.1, 0.15) is 28.3 Å². The summed E-state index contributed by atoms with van der Waals surface area (Å²) in [6.45, 7) is 1.47. The number of carbonyl (C=O) groups excluding carboxylic acids is 2. The molecule has 1 atom stereocenters. The van der Waals surface area contributed by atoms with Gasteiger partial charge in [-0.15, -0.1) is 0 Å². The highest BCUT2D eigenvalue weighted by atomic mass is 35.5. The number of hydrogen-bond donors (Lipinski definition) is 3. The van der Waals surface area contributed by atoms with E-state index in [4.69, 9.17) is 43.4 Å². The van der Waals surface area contributed by atoms with Crippen LogP contribution in [-0.2, 0) is 16.8 Å². The van der Waals surface area contributed by atoms with Gasteiger partial charge in [0, 0.05) is 34.5 Å². The lowest BCUT2D eigenvalue weighted by molar-refractivity contribution is -0.117. The third-order valence-corrected chi connectivity index (χ3v) is 8.86. The molecule has 2 amide bonds. The van der Waals surface area contributed by atoms with E-state index >= 15 is 0 Å². The molecule has 3 heterocycles. The Kier molecular flexibility index (Phi) is 9.24. The number of rotatable bonds is 12. The van der Waals surface area contributed by atoms with E-state index in [0.29, 0.717) is 28.3 Å². The standard InChI is InChI=1S/C34H31Cl2FN6O5/c1-3-48-32-18(14-28(38)44)13-26(41-31(32)23-5-4-6-24(35)29(23)36)34(46,21-9-10-39-27(37)15-21)17-40-33(45)19-11-20-16-43(22-7-8-22)42-30(20)25(12-19)47-2/h4-6,9-13,15-16,22,46H,3,7-8,14,17H2,1-2H3,(H2,38,44)(H,40,45)/t34-/m1/s1. The molecule has 0 unspecified atom stereocenters.